The Morgan fingerprint density at radius 2 is 2.06 bits per heavy atom. The van der Waals surface area contributed by atoms with Gasteiger partial charge in [0, 0.05) is 5.69 Å². The molecule has 84 valence electrons. The molecule has 6 nitrogen and oxygen atoms in total. The van der Waals surface area contributed by atoms with E-state index in [1.54, 1.807) is 13.8 Å². The van der Waals surface area contributed by atoms with Gasteiger partial charge in [-0.1, -0.05) is 0 Å². The maximum atomic E-state index is 11.5. The van der Waals surface area contributed by atoms with Crippen LogP contribution in [0.25, 0.3) is 11.0 Å². The van der Waals surface area contributed by atoms with Crippen LogP contribution >= 0.6 is 0 Å². The molecule has 0 aliphatic rings. The maximum Gasteiger partial charge on any atom is 0.307 e. The Bertz CT molecular complexity index is 624. The number of aromatic nitrogens is 3. The van der Waals surface area contributed by atoms with Crippen molar-refractivity contribution in [3.63, 3.8) is 0 Å². The number of hydrogen-bond donors (Lipinski definition) is 3. The molecule has 0 unspecified atom stereocenters. The second-order valence-electron chi connectivity index (χ2n) is 3.67. The summed E-state index contributed by atoms with van der Waals surface area (Å²) in [6, 6.07) is 0. The number of aromatic amines is 2. The number of rotatable bonds is 2. The van der Waals surface area contributed by atoms with Crippen molar-refractivity contribution in [1.82, 2.24) is 15.2 Å². The summed E-state index contributed by atoms with van der Waals surface area (Å²) in [7, 11) is 0. The van der Waals surface area contributed by atoms with Crippen LogP contribution in [0.3, 0.4) is 0 Å². The number of carboxylic acids is 1. The summed E-state index contributed by atoms with van der Waals surface area (Å²) in [5.41, 5.74) is 2.10. The van der Waals surface area contributed by atoms with Gasteiger partial charge in [0.2, 0.25) is 0 Å². The van der Waals surface area contributed by atoms with Crippen LogP contribution in [0.1, 0.15) is 16.8 Å². The van der Waals surface area contributed by atoms with Gasteiger partial charge in [0.05, 0.1) is 11.8 Å². The van der Waals surface area contributed by atoms with Crippen LogP contribution in [-0.2, 0) is 11.2 Å². The molecule has 0 amide bonds. The summed E-state index contributed by atoms with van der Waals surface area (Å²) < 4.78 is 0. The zero-order valence-corrected chi connectivity index (χ0v) is 8.92. The molecule has 0 radical (unpaired) electrons. The van der Waals surface area contributed by atoms with Crippen molar-refractivity contribution in [2.24, 2.45) is 0 Å². The van der Waals surface area contributed by atoms with Crippen LogP contribution in [0.4, 0.5) is 0 Å². The predicted octanol–water partition coefficient (Wildman–Crippen LogP) is 0.495. The lowest BCUT2D eigenvalue weighted by atomic mass is 10.0. The van der Waals surface area contributed by atoms with Crippen molar-refractivity contribution < 1.29 is 9.90 Å². The highest BCUT2D eigenvalue weighted by Gasteiger charge is 2.15. The molecule has 0 atom stereocenters. The SMILES string of the molecule is Cc1nc2[nH][nH]c(=O)c2c(C)c1CC(=O)O. The first kappa shape index (κ1) is 10.4. The number of aliphatic carboxylic acids is 1. The van der Waals surface area contributed by atoms with Crippen molar-refractivity contribution >= 4 is 17.0 Å². The molecule has 0 aliphatic heterocycles. The smallest absolute Gasteiger partial charge is 0.307 e. The van der Waals surface area contributed by atoms with Gasteiger partial charge in [0.1, 0.15) is 0 Å². The molecule has 0 aromatic carbocycles. The minimum atomic E-state index is -0.931. The summed E-state index contributed by atoms with van der Waals surface area (Å²) >= 11 is 0. The Morgan fingerprint density at radius 1 is 1.38 bits per heavy atom. The van der Waals surface area contributed by atoms with Crippen LogP contribution in [0, 0.1) is 13.8 Å². The van der Waals surface area contributed by atoms with Gasteiger partial charge in [-0.25, -0.2) is 4.98 Å². The number of fused-ring (bicyclic) bond motifs is 1. The largest absolute Gasteiger partial charge is 0.481 e. The Morgan fingerprint density at radius 3 is 2.69 bits per heavy atom. The van der Waals surface area contributed by atoms with Gasteiger partial charge in [0.25, 0.3) is 5.56 Å². The lowest BCUT2D eigenvalue weighted by Crippen LogP contribution is -2.08. The summed E-state index contributed by atoms with van der Waals surface area (Å²) in [4.78, 5) is 26.3. The van der Waals surface area contributed by atoms with Crippen LogP contribution in [0.15, 0.2) is 4.79 Å². The lowest BCUT2D eigenvalue weighted by Gasteiger charge is -2.06. The fourth-order valence-corrected chi connectivity index (χ4v) is 1.85. The molecule has 6 heteroatoms. The topological polar surface area (TPSA) is 98.8 Å². The van der Waals surface area contributed by atoms with Crippen molar-refractivity contribution in [3.8, 4) is 0 Å². The second-order valence-corrected chi connectivity index (χ2v) is 3.67. The van der Waals surface area contributed by atoms with Crippen LogP contribution in [0.5, 0.6) is 0 Å². The molecule has 0 bridgehead atoms. The minimum Gasteiger partial charge on any atom is -0.481 e. The molecular formula is C10H11N3O3. The van der Waals surface area contributed by atoms with E-state index in [1.165, 1.54) is 0 Å². The van der Waals surface area contributed by atoms with E-state index in [-0.39, 0.29) is 12.0 Å². The second kappa shape index (κ2) is 3.48. The number of nitrogens with zero attached hydrogens (tertiary/aromatic N) is 1. The van der Waals surface area contributed by atoms with E-state index in [2.05, 4.69) is 15.2 Å². The average Bonchev–Trinajstić information content (AvgIpc) is 2.54. The standard InChI is InChI=1S/C10H11N3O3/c1-4-6(3-7(14)15)5(2)11-9-8(4)10(16)13-12-9/h3H2,1-2H3,(H,14,15)(H2,11,12,13,16). The molecule has 2 aromatic heterocycles. The Balaban J connectivity index is 2.78. The van der Waals surface area contributed by atoms with E-state index in [0.717, 1.165) is 0 Å². The maximum absolute atomic E-state index is 11.5. The van der Waals surface area contributed by atoms with E-state index < -0.39 is 5.97 Å². The van der Waals surface area contributed by atoms with Crippen molar-refractivity contribution in [2.75, 3.05) is 0 Å². The first-order valence-corrected chi connectivity index (χ1v) is 4.79. The highest BCUT2D eigenvalue weighted by molar-refractivity contribution is 5.81. The molecule has 3 N–H and O–H groups in total. The van der Waals surface area contributed by atoms with E-state index in [0.29, 0.717) is 27.9 Å². The van der Waals surface area contributed by atoms with Gasteiger partial charge < -0.3 is 5.11 Å². The zero-order chi connectivity index (χ0) is 11.9. The zero-order valence-electron chi connectivity index (χ0n) is 8.92. The Hall–Kier alpha value is -2.11. The predicted molar refractivity (Wildman–Crippen MR) is 57.5 cm³/mol. The third kappa shape index (κ3) is 1.48. The molecule has 0 fully saturated rings. The summed E-state index contributed by atoms with van der Waals surface area (Å²) in [6.45, 7) is 3.47. The van der Waals surface area contributed by atoms with Crippen molar-refractivity contribution in [2.45, 2.75) is 20.3 Å². The van der Waals surface area contributed by atoms with E-state index in [9.17, 15) is 9.59 Å². The summed E-state index contributed by atoms with van der Waals surface area (Å²) in [5.74, 6) is -0.931. The van der Waals surface area contributed by atoms with Gasteiger partial charge in [-0.3, -0.25) is 19.8 Å². The van der Waals surface area contributed by atoms with Gasteiger partial charge in [0.15, 0.2) is 5.65 Å². The van der Waals surface area contributed by atoms with Gasteiger partial charge in [-0.05, 0) is 25.0 Å². The van der Waals surface area contributed by atoms with E-state index in [1.807, 2.05) is 0 Å². The molecule has 0 saturated heterocycles. The molecular weight excluding hydrogens is 210 g/mol. The molecule has 2 aromatic rings. The fourth-order valence-electron chi connectivity index (χ4n) is 1.85. The number of aryl methyl sites for hydroxylation is 2. The molecule has 0 saturated carbocycles. The molecule has 16 heavy (non-hydrogen) atoms. The number of hydrogen-bond acceptors (Lipinski definition) is 3. The van der Waals surface area contributed by atoms with E-state index >= 15 is 0 Å². The minimum absolute atomic E-state index is 0.120. The normalized spacial score (nSPS) is 10.9. The quantitative estimate of drug-likeness (QED) is 0.687. The molecule has 2 rings (SSSR count). The van der Waals surface area contributed by atoms with Gasteiger partial charge in [-0.15, -0.1) is 0 Å². The van der Waals surface area contributed by atoms with Gasteiger partial charge in [-0.2, -0.15) is 0 Å². The highest BCUT2D eigenvalue weighted by Crippen LogP contribution is 2.18. The number of H-pyrrole nitrogens is 2. The fraction of sp³-hybridized carbons (Fsp3) is 0.300. The molecule has 0 aliphatic carbocycles. The number of carbonyl (C=O) groups is 1. The van der Waals surface area contributed by atoms with Gasteiger partial charge >= 0.3 is 5.97 Å². The number of nitrogens with one attached hydrogen (secondary N) is 2. The van der Waals surface area contributed by atoms with Crippen LogP contribution < -0.4 is 5.56 Å². The first-order chi connectivity index (χ1) is 7.50. The first-order valence-electron chi connectivity index (χ1n) is 4.79. The highest BCUT2D eigenvalue weighted by atomic mass is 16.4. The summed E-state index contributed by atoms with van der Waals surface area (Å²) in [5, 5.41) is 14.3. The lowest BCUT2D eigenvalue weighted by molar-refractivity contribution is -0.136. The average molecular weight is 221 g/mol. The third-order valence-electron chi connectivity index (χ3n) is 2.63. The van der Waals surface area contributed by atoms with E-state index in [4.69, 9.17) is 5.11 Å². The third-order valence-corrected chi connectivity index (χ3v) is 2.63. The molecule has 2 heterocycles. The van der Waals surface area contributed by atoms with Crippen molar-refractivity contribution in [3.05, 3.63) is 27.2 Å². The summed E-state index contributed by atoms with van der Waals surface area (Å²) in [6.07, 6.45) is -0.120. The monoisotopic (exact) mass is 221 g/mol. The van der Waals surface area contributed by atoms with Crippen LogP contribution in [0.2, 0.25) is 0 Å². The Labute approximate surface area is 90.3 Å². The Kier molecular flexibility index (Phi) is 2.26. The number of carboxylic acid groups (broad SMARTS) is 1. The number of pyridine rings is 1. The van der Waals surface area contributed by atoms with Crippen molar-refractivity contribution in [1.29, 1.82) is 0 Å². The van der Waals surface area contributed by atoms with Crippen LogP contribution in [-0.4, -0.2) is 26.3 Å². The molecule has 0 spiro atoms.